The van der Waals surface area contributed by atoms with Gasteiger partial charge in [0.25, 0.3) is 0 Å². The molecule has 174 valence electrons. The van der Waals surface area contributed by atoms with Crippen molar-refractivity contribution in [2.24, 2.45) is 0 Å². The first-order chi connectivity index (χ1) is 13.0. The van der Waals surface area contributed by atoms with Crippen molar-refractivity contribution in [2.75, 3.05) is 0 Å². The summed E-state index contributed by atoms with van der Waals surface area (Å²) < 4.78 is 184. The van der Waals surface area contributed by atoms with Crippen LogP contribution in [0.5, 0.6) is 18.0 Å². The van der Waals surface area contributed by atoms with Crippen LogP contribution >= 0.6 is 0 Å². The molecular formula is C6F9N3O9S3. The van der Waals surface area contributed by atoms with Crippen LogP contribution in [0.1, 0.15) is 0 Å². The molecular weight excluding hydrogens is 525 g/mol. The van der Waals surface area contributed by atoms with E-state index in [0.717, 1.165) is 0 Å². The van der Waals surface area contributed by atoms with Gasteiger partial charge < -0.3 is 12.5 Å². The second-order valence-corrected chi connectivity index (χ2v) is 8.75. The fraction of sp³-hybridized carbons (Fsp3) is 0.500. The molecule has 0 aliphatic carbocycles. The first kappa shape index (κ1) is 25.7. The summed E-state index contributed by atoms with van der Waals surface area (Å²) in [5.74, 6) is 0. The molecule has 0 saturated carbocycles. The van der Waals surface area contributed by atoms with E-state index in [1.54, 1.807) is 0 Å². The average molecular weight is 525 g/mol. The lowest BCUT2D eigenvalue weighted by atomic mass is 10.9. The normalized spacial score (nSPS) is 14.3. The van der Waals surface area contributed by atoms with Gasteiger partial charge in [-0.3, -0.25) is 0 Å². The van der Waals surface area contributed by atoms with Crippen LogP contribution in [0.2, 0.25) is 0 Å². The molecule has 24 heteroatoms. The molecule has 0 saturated heterocycles. The molecule has 30 heavy (non-hydrogen) atoms. The summed E-state index contributed by atoms with van der Waals surface area (Å²) >= 11 is 0. The number of halogens is 9. The van der Waals surface area contributed by atoms with Gasteiger partial charge in [0, 0.05) is 0 Å². The quantitative estimate of drug-likeness (QED) is 0.288. The van der Waals surface area contributed by atoms with Crippen molar-refractivity contribution in [1.29, 1.82) is 0 Å². The summed E-state index contributed by atoms with van der Waals surface area (Å²) in [5.41, 5.74) is -18.8. The third-order valence-electron chi connectivity index (χ3n) is 1.98. The molecule has 1 aromatic heterocycles. The molecule has 0 fully saturated rings. The molecule has 0 amide bonds. The van der Waals surface area contributed by atoms with Crippen LogP contribution in [0.25, 0.3) is 0 Å². The van der Waals surface area contributed by atoms with E-state index in [9.17, 15) is 64.8 Å². The Hall–Kier alpha value is -2.37. The van der Waals surface area contributed by atoms with Crippen LogP contribution in [0.3, 0.4) is 0 Å². The minimum atomic E-state index is -6.74. The van der Waals surface area contributed by atoms with Crippen molar-refractivity contribution in [1.82, 2.24) is 15.0 Å². The summed E-state index contributed by atoms with van der Waals surface area (Å²) in [7, 11) is -20.2. The van der Waals surface area contributed by atoms with E-state index in [1.165, 1.54) is 0 Å². The zero-order valence-corrected chi connectivity index (χ0v) is 15.1. The van der Waals surface area contributed by atoms with Crippen molar-refractivity contribution in [3.05, 3.63) is 0 Å². The second kappa shape index (κ2) is 7.40. The Balaban J connectivity index is 3.57. The Morgan fingerprint density at radius 3 is 0.767 bits per heavy atom. The highest BCUT2D eigenvalue weighted by Gasteiger charge is 2.52. The van der Waals surface area contributed by atoms with Crippen LogP contribution in [0.15, 0.2) is 0 Å². The lowest BCUT2D eigenvalue weighted by molar-refractivity contribution is -0.0503. The SMILES string of the molecule is O=S(=O)(Oc1nc(OS(=O)(=O)C(F)(F)F)nc(OS(=O)(=O)C(F)(F)F)n1)C(F)(F)F. The topological polar surface area (TPSA) is 169 Å². The van der Waals surface area contributed by atoms with Gasteiger partial charge in [-0.2, -0.15) is 64.8 Å². The molecule has 0 unspecified atom stereocenters. The summed E-state index contributed by atoms with van der Waals surface area (Å²) in [4.78, 5) is 6.73. The maximum Gasteiger partial charge on any atom is 0.534 e. The van der Waals surface area contributed by atoms with Crippen molar-refractivity contribution in [3.8, 4) is 18.0 Å². The van der Waals surface area contributed by atoms with Crippen LogP contribution in [-0.2, 0) is 30.4 Å². The molecule has 0 aliphatic heterocycles. The number of nitrogens with zero attached hydrogens (tertiary/aromatic N) is 3. The zero-order valence-electron chi connectivity index (χ0n) is 12.6. The van der Waals surface area contributed by atoms with E-state index < -0.39 is 64.9 Å². The number of hydrogen-bond donors (Lipinski definition) is 0. The van der Waals surface area contributed by atoms with Gasteiger partial charge in [-0.1, -0.05) is 0 Å². The number of aromatic nitrogens is 3. The van der Waals surface area contributed by atoms with Crippen molar-refractivity contribution in [3.63, 3.8) is 0 Å². The van der Waals surface area contributed by atoms with E-state index in [4.69, 9.17) is 0 Å². The third-order valence-corrected chi connectivity index (χ3v) is 4.78. The van der Waals surface area contributed by atoms with E-state index in [0.29, 0.717) is 0 Å². The van der Waals surface area contributed by atoms with Crippen LogP contribution in [-0.4, -0.2) is 56.7 Å². The second-order valence-electron chi connectivity index (χ2n) is 4.13. The van der Waals surface area contributed by atoms with Crippen LogP contribution < -0.4 is 12.5 Å². The maximum absolute atomic E-state index is 12.2. The Kier molecular flexibility index (Phi) is 6.33. The molecule has 0 spiro atoms. The fourth-order valence-corrected chi connectivity index (χ4v) is 1.96. The lowest BCUT2D eigenvalue weighted by Gasteiger charge is -2.12. The smallest absolute Gasteiger partial charge is 0.336 e. The lowest BCUT2D eigenvalue weighted by Crippen LogP contribution is -2.31. The third kappa shape index (κ3) is 5.83. The van der Waals surface area contributed by atoms with E-state index in [1.807, 2.05) is 0 Å². The molecule has 0 atom stereocenters. The Bertz CT molecular complexity index is 966. The Morgan fingerprint density at radius 2 is 0.633 bits per heavy atom. The summed E-state index contributed by atoms with van der Waals surface area (Å²) in [6.45, 7) is 0. The molecule has 1 heterocycles. The van der Waals surface area contributed by atoms with Gasteiger partial charge in [0.1, 0.15) is 0 Å². The van der Waals surface area contributed by atoms with Crippen LogP contribution in [0.4, 0.5) is 39.5 Å². The molecule has 0 aromatic carbocycles. The van der Waals surface area contributed by atoms with Gasteiger partial charge in [0.05, 0.1) is 0 Å². The van der Waals surface area contributed by atoms with Gasteiger partial charge >= 0.3 is 64.9 Å². The van der Waals surface area contributed by atoms with Crippen LogP contribution in [0, 0.1) is 0 Å². The predicted molar refractivity (Wildman–Crippen MR) is 66.6 cm³/mol. The van der Waals surface area contributed by atoms with Crippen molar-refractivity contribution < 1.29 is 77.3 Å². The minimum absolute atomic E-state index is 2.24. The molecule has 0 bridgehead atoms. The van der Waals surface area contributed by atoms with Gasteiger partial charge in [0.15, 0.2) is 0 Å². The highest BCUT2D eigenvalue weighted by molar-refractivity contribution is 7.88. The first-order valence-electron chi connectivity index (χ1n) is 5.77. The van der Waals surface area contributed by atoms with E-state index >= 15 is 0 Å². The first-order valence-corrected chi connectivity index (χ1v) is 9.99. The molecule has 0 aliphatic rings. The highest BCUT2D eigenvalue weighted by Crippen LogP contribution is 2.31. The molecule has 0 radical (unpaired) electrons. The molecule has 12 nitrogen and oxygen atoms in total. The molecule has 1 aromatic rings. The van der Waals surface area contributed by atoms with E-state index in [-0.39, 0.29) is 0 Å². The Morgan fingerprint density at radius 1 is 0.467 bits per heavy atom. The summed E-state index contributed by atoms with van der Waals surface area (Å²) in [5, 5.41) is 0. The van der Waals surface area contributed by atoms with Crippen molar-refractivity contribution >= 4 is 30.4 Å². The molecule has 0 N–H and O–H groups in total. The van der Waals surface area contributed by atoms with Gasteiger partial charge in [0.2, 0.25) is 0 Å². The van der Waals surface area contributed by atoms with Crippen molar-refractivity contribution in [2.45, 2.75) is 16.5 Å². The fourth-order valence-electron chi connectivity index (χ4n) is 0.868. The number of hydrogen-bond acceptors (Lipinski definition) is 12. The van der Waals surface area contributed by atoms with Gasteiger partial charge in [-0.15, -0.1) is 15.0 Å². The van der Waals surface area contributed by atoms with Gasteiger partial charge in [-0.05, 0) is 0 Å². The maximum atomic E-state index is 12.2. The minimum Gasteiger partial charge on any atom is -0.336 e. The summed E-state index contributed by atoms with van der Waals surface area (Å²) in [6, 6.07) is -7.12. The zero-order chi connectivity index (χ0) is 24.0. The molecule has 1 rings (SSSR count). The van der Waals surface area contributed by atoms with Gasteiger partial charge in [-0.25, -0.2) is 0 Å². The average Bonchev–Trinajstić information content (AvgIpc) is 2.41. The van der Waals surface area contributed by atoms with E-state index in [2.05, 4.69) is 27.5 Å². The predicted octanol–water partition coefficient (Wildman–Crippen LogP) is 0.557. The number of rotatable bonds is 6. The number of alkyl halides is 9. The monoisotopic (exact) mass is 525 g/mol. The summed E-state index contributed by atoms with van der Waals surface area (Å²) in [6.07, 6.45) is 0. The highest BCUT2D eigenvalue weighted by atomic mass is 32.2. The standard InChI is InChI=1S/C6F9N3O9S3/c7-4(8,9)28(19,20)25-1-16-2(26-29(21,22)5(10,11)12)18-3(17-1)27-30(23,24)6(13,14)15. The largest absolute Gasteiger partial charge is 0.534 e. The Labute approximate surface area is 158 Å².